The van der Waals surface area contributed by atoms with Crippen LogP contribution in [0.4, 0.5) is 5.69 Å². The molecule has 2 heterocycles. The van der Waals surface area contributed by atoms with E-state index in [2.05, 4.69) is 30.9 Å². The second kappa shape index (κ2) is 8.06. The predicted octanol–water partition coefficient (Wildman–Crippen LogP) is 4.75. The summed E-state index contributed by atoms with van der Waals surface area (Å²) in [5, 5.41) is 4.07. The first kappa shape index (κ1) is 20.9. The highest BCUT2D eigenvalue weighted by molar-refractivity contribution is 5.97. The third-order valence-electron chi connectivity index (χ3n) is 5.01. The minimum Gasteiger partial charge on any atom is -0.491 e. The number of carbonyl (C=O) groups is 1. The summed E-state index contributed by atoms with van der Waals surface area (Å²) in [5.41, 5.74) is 2.65. The van der Waals surface area contributed by atoms with Crippen molar-refractivity contribution < 1.29 is 18.8 Å². The number of carbonyl (C=O) groups excluding carboxylic acids is 1. The van der Waals surface area contributed by atoms with E-state index in [1.54, 1.807) is 4.90 Å². The van der Waals surface area contributed by atoms with Crippen molar-refractivity contribution in [3.8, 4) is 22.9 Å². The van der Waals surface area contributed by atoms with Crippen LogP contribution < -0.4 is 14.4 Å². The molecule has 0 saturated heterocycles. The number of fused-ring (bicyclic) bond motifs is 1. The zero-order valence-corrected chi connectivity index (χ0v) is 18.5. The van der Waals surface area contributed by atoms with Crippen LogP contribution in [0.15, 0.2) is 47.0 Å². The Kier molecular flexibility index (Phi) is 5.43. The summed E-state index contributed by atoms with van der Waals surface area (Å²) in [6.45, 7) is 10.6. The topological polar surface area (TPSA) is 77.7 Å². The van der Waals surface area contributed by atoms with Gasteiger partial charge in [0.05, 0.1) is 11.8 Å². The Labute approximate surface area is 182 Å². The number of anilines is 1. The summed E-state index contributed by atoms with van der Waals surface area (Å²) >= 11 is 0. The van der Waals surface area contributed by atoms with Crippen molar-refractivity contribution in [3.05, 3.63) is 53.9 Å². The van der Waals surface area contributed by atoms with Gasteiger partial charge in [0.1, 0.15) is 18.0 Å². The summed E-state index contributed by atoms with van der Waals surface area (Å²) in [4.78, 5) is 18.6. The molecule has 0 N–H and O–H groups in total. The molecule has 0 radical (unpaired) electrons. The van der Waals surface area contributed by atoms with E-state index in [0.29, 0.717) is 23.2 Å². The van der Waals surface area contributed by atoms with Crippen molar-refractivity contribution in [1.82, 2.24) is 10.1 Å². The van der Waals surface area contributed by atoms with Crippen LogP contribution >= 0.6 is 0 Å². The second-order valence-corrected chi connectivity index (χ2v) is 8.90. The predicted molar refractivity (Wildman–Crippen MR) is 117 cm³/mol. The molecular formula is C24H27N3O4. The monoisotopic (exact) mass is 421 g/mol. The van der Waals surface area contributed by atoms with Crippen LogP contribution in [0.1, 0.15) is 46.1 Å². The van der Waals surface area contributed by atoms with Gasteiger partial charge in [-0.25, -0.2) is 0 Å². The number of hydrogen-bond acceptors (Lipinski definition) is 6. The van der Waals surface area contributed by atoms with Gasteiger partial charge in [-0.15, -0.1) is 0 Å². The number of rotatable bonds is 5. The first-order chi connectivity index (χ1) is 14.7. The average Bonchev–Trinajstić information content (AvgIpc) is 3.18. The van der Waals surface area contributed by atoms with Crippen LogP contribution in [0.25, 0.3) is 11.4 Å². The maximum Gasteiger partial charge on any atom is 0.265 e. The minimum atomic E-state index is -0.147. The number of ether oxygens (including phenoxy) is 2. The van der Waals surface area contributed by atoms with Crippen LogP contribution in [0.2, 0.25) is 0 Å². The molecule has 4 rings (SSSR count). The summed E-state index contributed by atoms with van der Waals surface area (Å²) in [7, 11) is 0. The Morgan fingerprint density at radius 1 is 1.13 bits per heavy atom. The fraction of sp³-hybridized carbons (Fsp3) is 0.375. The number of amides is 1. The lowest BCUT2D eigenvalue weighted by Gasteiger charge is -2.30. The van der Waals surface area contributed by atoms with E-state index >= 15 is 0 Å². The molecule has 1 amide bonds. The molecule has 0 fully saturated rings. The van der Waals surface area contributed by atoms with Crippen molar-refractivity contribution in [3.63, 3.8) is 0 Å². The zero-order valence-electron chi connectivity index (χ0n) is 18.5. The van der Waals surface area contributed by atoms with E-state index < -0.39 is 0 Å². The van der Waals surface area contributed by atoms with Gasteiger partial charge >= 0.3 is 0 Å². The molecule has 2 aromatic carbocycles. The third kappa shape index (κ3) is 4.55. The Bertz CT molecular complexity index is 1080. The van der Waals surface area contributed by atoms with Crippen molar-refractivity contribution in [2.75, 3.05) is 11.5 Å². The first-order valence-corrected chi connectivity index (χ1v) is 10.4. The lowest BCUT2D eigenvalue weighted by Crippen LogP contribution is -2.38. The van der Waals surface area contributed by atoms with E-state index in [4.69, 9.17) is 14.0 Å². The highest BCUT2D eigenvalue weighted by Crippen LogP contribution is 2.37. The van der Waals surface area contributed by atoms with Gasteiger partial charge < -0.3 is 14.0 Å². The van der Waals surface area contributed by atoms with E-state index in [-0.39, 0.29) is 30.6 Å². The third-order valence-corrected chi connectivity index (χ3v) is 5.01. The maximum absolute atomic E-state index is 12.5. The highest BCUT2D eigenvalue weighted by atomic mass is 16.5. The van der Waals surface area contributed by atoms with Crippen LogP contribution in [-0.4, -0.2) is 28.8 Å². The van der Waals surface area contributed by atoms with Crippen LogP contribution in [0, 0.1) is 0 Å². The average molecular weight is 421 g/mol. The molecule has 1 aliphatic heterocycles. The first-order valence-electron chi connectivity index (χ1n) is 10.4. The van der Waals surface area contributed by atoms with Crippen LogP contribution in [0.5, 0.6) is 11.5 Å². The molecule has 1 aliphatic rings. The standard InChI is InChI=1S/C24H27N3O4/c1-15(2)30-18-9-6-16(7-10-18)23-25-21(31-26-23)13-27-19-11-8-17(24(3,4)5)12-20(19)29-14-22(27)28/h6-12,15H,13-14H2,1-5H3. The lowest BCUT2D eigenvalue weighted by atomic mass is 9.86. The number of benzene rings is 2. The van der Waals surface area contributed by atoms with Gasteiger partial charge in [-0.2, -0.15) is 4.98 Å². The van der Waals surface area contributed by atoms with Crippen molar-refractivity contribution in [2.45, 2.75) is 52.7 Å². The quantitative estimate of drug-likeness (QED) is 0.592. The van der Waals surface area contributed by atoms with E-state index in [9.17, 15) is 4.79 Å². The Morgan fingerprint density at radius 2 is 1.87 bits per heavy atom. The fourth-order valence-corrected chi connectivity index (χ4v) is 3.37. The molecule has 0 atom stereocenters. The molecule has 31 heavy (non-hydrogen) atoms. The van der Waals surface area contributed by atoms with Crippen molar-refractivity contribution >= 4 is 11.6 Å². The SMILES string of the molecule is CC(C)Oc1ccc(-c2noc(CN3C(=O)COc4cc(C(C)(C)C)ccc43)n2)cc1. The summed E-state index contributed by atoms with van der Waals surface area (Å²) < 4.78 is 16.8. The molecular weight excluding hydrogens is 394 g/mol. The Morgan fingerprint density at radius 3 is 2.55 bits per heavy atom. The molecule has 3 aromatic rings. The molecule has 7 nitrogen and oxygen atoms in total. The van der Waals surface area contributed by atoms with Gasteiger partial charge in [0.15, 0.2) is 6.61 Å². The molecule has 0 spiro atoms. The Balaban J connectivity index is 1.54. The van der Waals surface area contributed by atoms with Crippen LogP contribution in [-0.2, 0) is 16.8 Å². The van der Waals surface area contributed by atoms with E-state index in [0.717, 1.165) is 16.9 Å². The Hall–Kier alpha value is -3.35. The van der Waals surface area contributed by atoms with Gasteiger partial charge in [-0.05, 0) is 61.2 Å². The highest BCUT2D eigenvalue weighted by Gasteiger charge is 2.29. The molecule has 0 saturated carbocycles. The smallest absolute Gasteiger partial charge is 0.265 e. The summed E-state index contributed by atoms with van der Waals surface area (Å²) in [5.74, 6) is 2.15. The minimum absolute atomic E-state index is 0.0121. The number of nitrogens with zero attached hydrogens (tertiary/aromatic N) is 3. The van der Waals surface area contributed by atoms with Gasteiger partial charge in [0.25, 0.3) is 5.91 Å². The van der Waals surface area contributed by atoms with Gasteiger partial charge in [-0.1, -0.05) is 32.0 Å². The fourth-order valence-electron chi connectivity index (χ4n) is 3.37. The number of aromatic nitrogens is 2. The lowest BCUT2D eigenvalue weighted by molar-refractivity contribution is -0.121. The van der Waals surface area contributed by atoms with E-state index in [1.165, 1.54) is 0 Å². The molecule has 7 heteroatoms. The molecule has 0 aliphatic carbocycles. The van der Waals surface area contributed by atoms with Gasteiger partial charge in [-0.3, -0.25) is 9.69 Å². The second-order valence-electron chi connectivity index (χ2n) is 8.90. The van der Waals surface area contributed by atoms with Crippen molar-refractivity contribution in [1.29, 1.82) is 0 Å². The summed E-state index contributed by atoms with van der Waals surface area (Å²) in [6, 6.07) is 13.4. The maximum atomic E-state index is 12.5. The summed E-state index contributed by atoms with van der Waals surface area (Å²) in [6.07, 6.45) is 0.107. The molecule has 0 bridgehead atoms. The largest absolute Gasteiger partial charge is 0.491 e. The molecule has 1 aromatic heterocycles. The number of hydrogen-bond donors (Lipinski definition) is 0. The molecule has 0 unspecified atom stereocenters. The normalized spacial score (nSPS) is 13.9. The van der Waals surface area contributed by atoms with Crippen LogP contribution in [0.3, 0.4) is 0 Å². The van der Waals surface area contributed by atoms with Gasteiger partial charge in [0.2, 0.25) is 11.7 Å². The molecule has 162 valence electrons. The zero-order chi connectivity index (χ0) is 22.2. The van der Waals surface area contributed by atoms with Crippen molar-refractivity contribution in [2.24, 2.45) is 0 Å². The van der Waals surface area contributed by atoms with E-state index in [1.807, 2.05) is 56.3 Å². The van der Waals surface area contributed by atoms with Gasteiger partial charge in [0, 0.05) is 5.56 Å².